The maximum Gasteiger partial charge on any atom is 0.316 e. The van der Waals surface area contributed by atoms with E-state index >= 15 is 0 Å². The van der Waals surface area contributed by atoms with Crippen molar-refractivity contribution in [2.24, 2.45) is 34.0 Å². The third-order valence-corrected chi connectivity index (χ3v) is 14.3. The lowest BCUT2D eigenvalue weighted by atomic mass is 9.43. The van der Waals surface area contributed by atoms with Gasteiger partial charge >= 0.3 is 5.97 Å². The van der Waals surface area contributed by atoms with Crippen LogP contribution in [0.15, 0.2) is 41.8 Å². The van der Waals surface area contributed by atoms with E-state index < -0.39 is 56.7 Å². The maximum atomic E-state index is 13.5. The van der Waals surface area contributed by atoms with Crippen LogP contribution in [-0.4, -0.2) is 85.1 Å². The normalized spacial score (nSPS) is 38.3. The first-order valence-corrected chi connectivity index (χ1v) is 19.1. The number of rotatable bonds is 12. The van der Waals surface area contributed by atoms with Gasteiger partial charge in [-0.2, -0.15) is 8.42 Å². The van der Waals surface area contributed by atoms with Gasteiger partial charge in [-0.1, -0.05) is 65.3 Å². The van der Waals surface area contributed by atoms with Gasteiger partial charge in [0, 0.05) is 29.0 Å². The molecule has 8 nitrogen and oxygen atoms in total. The fourth-order valence-corrected chi connectivity index (χ4v) is 10.7. The van der Waals surface area contributed by atoms with Gasteiger partial charge in [-0.3, -0.25) is 8.98 Å². The molecule has 10 atom stereocenters. The number of hydrogen-bond acceptors (Lipinski definition) is 9. The minimum atomic E-state index is -4.16. The summed E-state index contributed by atoms with van der Waals surface area (Å²) in [5.74, 6) is 0.0156. The number of carbonyl (C=O) groups is 1. The molecule has 3 aliphatic carbocycles. The zero-order valence-electron chi connectivity index (χ0n) is 28.2. The highest BCUT2D eigenvalue weighted by atomic mass is 32.2. The molecular weight excluding hydrogens is 611 g/mol. The fraction of sp³-hybridized carbons (Fsp3) is 0.743. The lowest BCUT2D eigenvalue weighted by Gasteiger charge is -2.62. The van der Waals surface area contributed by atoms with Crippen molar-refractivity contribution in [3.63, 3.8) is 0 Å². The average molecular weight is 666 g/mol. The van der Waals surface area contributed by atoms with Gasteiger partial charge in [-0.05, 0) is 75.1 Å². The van der Waals surface area contributed by atoms with E-state index in [1.54, 1.807) is 30.0 Å². The number of nitrogens with zero attached hydrogens (tertiary/aromatic N) is 1. The first-order chi connectivity index (χ1) is 21.1. The zero-order chi connectivity index (χ0) is 33.4. The lowest BCUT2D eigenvalue weighted by molar-refractivity contribution is -0.218. The van der Waals surface area contributed by atoms with Gasteiger partial charge in [0.2, 0.25) is 0 Å². The van der Waals surface area contributed by atoms with E-state index in [1.165, 1.54) is 12.1 Å². The Morgan fingerprint density at radius 2 is 1.78 bits per heavy atom. The van der Waals surface area contributed by atoms with Gasteiger partial charge in [0.25, 0.3) is 10.1 Å². The molecule has 0 aliphatic heterocycles. The fourth-order valence-electron chi connectivity index (χ4n) is 8.83. The number of esters is 1. The molecule has 45 heavy (non-hydrogen) atoms. The van der Waals surface area contributed by atoms with Crippen LogP contribution >= 0.6 is 11.8 Å². The monoisotopic (exact) mass is 665 g/mol. The van der Waals surface area contributed by atoms with Crippen LogP contribution in [0, 0.1) is 40.9 Å². The Morgan fingerprint density at radius 3 is 2.38 bits per heavy atom. The van der Waals surface area contributed by atoms with Gasteiger partial charge in [-0.25, -0.2) is 0 Å². The predicted molar refractivity (Wildman–Crippen MR) is 179 cm³/mol. The molecule has 4 unspecified atom stereocenters. The summed E-state index contributed by atoms with van der Waals surface area (Å²) in [5.41, 5.74) is -1.18. The first kappa shape index (κ1) is 36.4. The highest BCUT2D eigenvalue weighted by molar-refractivity contribution is 7.99. The molecule has 4 rings (SSSR count). The van der Waals surface area contributed by atoms with Gasteiger partial charge in [0.05, 0.1) is 22.9 Å². The quantitative estimate of drug-likeness (QED) is 0.130. The minimum absolute atomic E-state index is 0.0438. The number of ether oxygens (including phenoxy) is 1. The lowest BCUT2D eigenvalue weighted by Crippen LogP contribution is -2.63. The molecule has 0 spiro atoms. The molecule has 0 saturated heterocycles. The SMILES string of the molecule is C=C[C@]1(C)C[C@@H](OC(=O)CSCCN(CC)CC)[C@]2(C)C(C)CC[C@]3(CC(OS(=O)(=O)c4ccc(C)cc4)C(O)C32)[C@@H](C)[C@@H]1O. The molecule has 2 N–H and O–H groups in total. The number of thioether (sulfide) groups is 1. The molecule has 0 radical (unpaired) electrons. The largest absolute Gasteiger partial charge is 0.461 e. The molecule has 10 heteroatoms. The van der Waals surface area contributed by atoms with E-state index in [9.17, 15) is 23.4 Å². The number of aliphatic hydroxyl groups excluding tert-OH is 2. The van der Waals surface area contributed by atoms with Crippen LogP contribution in [0.2, 0.25) is 0 Å². The van der Waals surface area contributed by atoms with E-state index in [-0.39, 0.29) is 34.9 Å². The molecule has 2 bridgehead atoms. The van der Waals surface area contributed by atoms with Crippen molar-refractivity contribution in [2.75, 3.05) is 31.1 Å². The maximum absolute atomic E-state index is 13.5. The summed E-state index contributed by atoms with van der Waals surface area (Å²) >= 11 is 1.55. The summed E-state index contributed by atoms with van der Waals surface area (Å²) in [6, 6.07) is 6.48. The Balaban J connectivity index is 1.69. The van der Waals surface area contributed by atoms with Crippen LogP contribution in [0.3, 0.4) is 0 Å². The van der Waals surface area contributed by atoms with E-state index in [2.05, 4.69) is 39.2 Å². The molecule has 1 aromatic carbocycles. The van der Waals surface area contributed by atoms with Gasteiger partial charge in [-0.15, -0.1) is 18.3 Å². The van der Waals surface area contributed by atoms with Crippen molar-refractivity contribution >= 4 is 27.8 Å². The van der Waals surface area contributed by atoms with E-state index in [1.807, 2.05) is 20.8 Å². The van der Waals surface area contributed by atoms with Crippen molar-refractivity contribution < 1.29 is 32.3 Å². The summed E-state index contributed by atoms with van der Waals surface area (Å²) in [5, 5.41) is 24.1. The minimum Gasteiger partial charge on any atom is -0.461 e. The van der Waals surface area contributed by atoms with Gasteiger partial charge < -0.3 is 19.8 Å². The number of hydrogen-bond donors (Lipinski definition) is 2. The van der Waals surface area contributed by atoms with Crippen molar-refractivity contribution in [3.8, 4) is 0 Å². The van der Waals surface area contributed by atoms with E-state index in [0.29, 0.717) is 12.8 Å². The summed E-state index contributed by atoms with van der Waals surface area (Å²) in [4.78, 5) is 15.8. The van der Waals surface area contributed by atoms with Gasteiger partial charge in [0.1, 0.15) is 12.2 Å². The number of benzene rings is 1. The second-order valence-corrected chi connectivity index (χ2v) is 17.0. The predicted octanol–water partition coefficient (Wildman–Crippen LogP) is 5.45. The summed E-state index contributed by atoms with van der Waals surface area (Å²) < 4.78 is 39.2. The third kappa shape index (κ3) is 6.79. The Kier molecular flexibility index (Phi) is 11.3. The Hall–Kier alpha value is -1.43. The standard InChI is InChI=1S/C35H55NO7S2/c1-9-33(7)21-28(42-29(37)22-44-19-18-36(10-2)11-3)34(8)24(5)16-17-35(25(6)32(33)39)20-27(30(38)31(34)35)43-45(40,41)26-14-12-23(4)13-15-26/h9,12-15,24-25,27-28,30-32,38-39H,1,10-11,16-22H2,2-8H3/t24?,25-,27?,28+,30?,31?,32-,33+,34-,35-/m0/s1. The molecule has 3 saturated carbocycles. The molecule has 0 amide bonds. The van der Waals surface area contributed by atoms with Crippen LogP contribution in [-0.2, 0) is 23.8 Å². The topological polar surface area (TPSA) is 113 Å². The summed E-state index contributed by atoms with van der Waals surface area (Å²) in [6.45, 7) is 21.3. The molecule has 0 aromatic heterocycles. The van der Waals surface area contributed by atoms with Crippen LogP contribution < -0.4 is 0 Å². The molecule has 3 fully saturated rings. The number of aliphatic hydroxyl groups is 2. The molecule has 0 heterocycles. The third-order valence-electron chi connectivity index (χ3n) is 12.0. The Bertz CT molecular complexity index is 1300. The molecule has 3 aliphatic rings. The molecule has 1 aromatic rings. The van der Waals surface area contributed by atoms with Crippen molar-refractivity contribution in [1.82, 2.24) is 4.90 Å². The van der Waals surface area contributed by atoms with Crippen molar-refractivity contribution in [1.29, 1.82) is 0 Å². The summed E-state index contributed by atoms with van der Waals surface area (Å²) in [6.07, 6.45) is 0.293. The second kappa shape index (κ2) is 14.0. The van der Waals surface area contributed by atoms with Crippen molar-refractivity contribution in [3.05, 3.63) is 42.5 Å². The van der Waals surface area contributed by atoms with Crippen LogP contribution in [0.4, 0.5) is 0 Å². The van der Waals surface area contributed by atoms with Crippen LogP contribution in [0.1, 0.15) is 72.8 Å². The first-order valence-electron chi connectivity index (χ1n) is 16.6. The highest BCUT2D eigenvalue weighted by Crippen LogP contribution is 2.69. The molecular formula is C35H55NO7S2. The molecule has 254 valence electrons. The smallest absolute Gasteiger partial charge is 0.316 e. The number of carbonyl (C=O) groups excluding carboxylic acids is 1. The highest BCUT2D eigenvalue weighted by Gasteiger charge is 2.70. The average Bonchev–Trinajstić information content (AvgIpc) is 3.29. The number of aryl methyl sites for hydroxylation is 1. The van der Waals surface area contributed by atoms with Crippen molar-refractivity contribution in [2.45, 2.75) is 103 Å². The Morgan fingerprint density at radius 1 is 1.13 bits per heavy atom. The second-order valence-electron chi connectivity index (χ2n) is 14.3. The van der Waals surface area contributed by atoms with E-state index in [0.717, 1.165) is 37.4 Å². The van der Waals surface area contributed by atoms with Crippen LogP contribution in [0.5, 0.6) is 0 Å². The summed E-state index contributed by atoms with van der Waals surface area (Å²) in [7, 11) is -4.16. The van der Waals surface area contributed by atoms with Gasteiger partial charge in [0.15, 0.2) is 0 Å². The van der Waals surface area contributed by atoms with E-state index in [4.69, 9.17) is 8.92 Å². The zero-order valence-corrected chi connectivity index (χ0v) is 29.8. The Labute approximate surface area is 275 Å². The van der Waals surface area contributed by atoms with Crippen LogP contribution in [0.25, 0.3) is 0 Å².